The van der Waals surface area contributed by atoms with E-state index in [1.807, 2.05) is 13.0 Å². The molecule has 1 aromatic carbocycles. The van der Waals surface area contributed by atoms with E-state index in [1.54, 1.807) is 12.1 Å². The maximum absolute atomic E-state index is 13.5. The lowest BCUT2D eigenvalue weighted by atomic mass is 10.2. The molecule has 0 bridgehead atoms. The van der Waals surface area contributed by atoms with Gasteiger partial charge < -0.3 is 11.1 Å². The highest BCUT2D eigenvalue weighted by atomic mass is 79.9. The minimum atomic E-state index is -0.190. The molecule has 0 saturated carbocycles. The Morgan fingerprint density at radius 2 is 2.27 bits per heavy atom. The van der Waals surface area contributed by atoms with E-state index in [-0.39, 0.29) is 5.82 Å². The number of nitrogens with one attached hydrogen (secondary N) is 1. The number of hydrogen-bond donors (Lipinski definition) is 2. The molecule has 0 saturated heterocycles. The fourth-order valence-corrected chi connectivity index (χ4v) is 1.73. The van der Waals surface area contributed by atoms with Crippen molar-refractivity contribution in [1.29, 1.82) is 0 Å². The first-order valence-electron chi connectivity index (χ1n) is 5.01. The van der Waals surface area contributed by atoms with Gasteiger partial charge in [0.05, 0.1) is 4.47 Å². The minimum absolute atomic E-state index is 0.190. The Hall–Kier alpha value is -0.450. The molecule has 15 heavy (non-hydrogen) atoms. The molecule has 0 amide bonds. The van der Waals surface area contributed by atoms with Crippen LogP contribution in [0.3, 0.4) is 0 Å². The van der Waals surface area contributed by atoms with Crippen LogP contribution in [0.15, 0.2) is 22.7 Å². The molecule has 0 fully saturated rings. The van der Waals surface area contributed by atoms with Gasteiger partial charge in [0.25, 0.3) is 0 Å². The number of rotatable bonds is 5. The molecule has 0 aliphatic heterocycles. The van der Waals surface area contributed by atoms with Gasteiger partial charge in [0, 0.05) is 18.2 Å². The van der Waals surface area contributed by atoms with Gasteiger partial charge in [-0.1, -0.05) is 12.1 Å². The van der Waals surface area contributed by atoms with Gasteiger partial charge in [-0.05, 0) is 41.9 Å². The fraction of sp³-hybridized carbons (Fsp3) is 0.455. The first kappa shape index (κ1) is 12.6. The largest absolute Gasteiger partial charge is 0.330 e. The second kappa shape index (κ2) is 6.20. The van der Waals surface area contributed by atoms with Gasteiger partial charge in [0.15, 0.2) is 0 Å². The van der Waals surface area contributed by atoms with Gasteiger partial charge in [-0.25, -0.2) is 4.39 Å². The molecule has 1 aromatic rings. The van der Waals surface area contributed by atoms with Crippen LogP contribution in [-0.4, -0.2) is 12.6 Å². The zero-order valence-corrected chi connectivity index (χ0v) is 10.3. The third-order valence-corrected chi connectivity index (χ3v) is 2.88. The quantitative estimate of drug-likeness (QED) is 0.866. The standard InChI is InChI=1S/C11H16BrFN2/c1-8(5-6-14)15-7-9-3-2-4-10(12)11(9)13/h2-4,8,15H,5-7,14H2,1H3. The average Bonchev–Trinajstić information content (AvgIpc) is 2.21. The summed E-state index contributed by atoms with van der Waals surface area (Å²) in [6, 6.07) is 5.62. The van der Waals surface area contributed by atoms with Crippen LogP contribution in [-0.2, 0) is 6.54 Å². The van der Waals surface area contributed by atoms with Crippen LogP contribution >= 0.6 is 15.9 Å². The Balaban J connectivity index is 2.54. The lowest BCUT2D eigenvalue weighted by Crippen LogP contribution is -2.28. The van der Waals surface area contributed by atoms with Crippen molar-refractivity contribution in [2.24, 2.45) is 5.73 Å². The van der Waals surface area contributed by atoms with Crippen LogP contribution < -0.4 is 11.1 Å². The predicted octanol–water partition coefficient (Wildman–Crippen LogP) is 2.42. The third kappa shape index (κ3) is 3.89. The molecule has 3 N–H and O–H groups in total. The SMILES string of the molecule is CC(CCN)NCc1cccc(Br)c1F. The zero-order chi connectivity index (χ0) is 11.3. The number of halogens is 2. The topological polar surface area (TPSA) is 38.0 Å². The van der Waals surface area contributed by atoms with Gasteiger partial charge in [-0.15, -0.1) is 0 Å². The van der Waals surface area contributed by atoms with Crippen molar-refractivity contribution in [3.05, 3.63) is 34.1 Å². The number of benzene rings is 1. The number of hydrogen-bond acceptors (Lipinski definition) is 2. The van der Waals surface area contributed by atoms with E-state index >= 15 is 0 Å². The highest BCUT2D eigenvalue weighted by molar-refractivity contribution is 9.10. The Morgan fingerprint density at radius 1 is 1.53 bits per heavy atom. The number of nitrogens with two attached hydrogens (primary N) is 1. The first-order chi connectivity index (χ1) is 7.15. The second-order valence-electron chi connectivity index (χ2n) is 3.57. The summed E-state index contributed by atoms with van der Waals surface area (Å²) in [5, 5.41) is 3.23. The van der Waals surface area contributed by atoms with Crippen molar-refractivity contribution in [2.45, 2.75) is 25.9 Å². The van der Waals surface area contributed by atoms with Gasteiger partial charge in [-0.3, -0.25) is 0 Å². The van der Waals surface area contributed by atoms with E-state index in [9.17, 15) is 4.39 Å². The lowest BCUT2D eigenvalue weighted by Gasteiger charge is -2.13. The summed E-state index contributed by atoms with van der Waals surface area (Å²) in [6.45, 7) is 3.23. The highest BCUT2D eigenvalue weighted by Crippen LogP contribution is 2.18. The Morgan fingerprint density at radius 3 is 2.93 bits per heavy atom. The van der Waals surface area contributed by atoms with Crippen molar-refractivity contribution in [3.63, 3.8) is 0 Å². The molecule has 84 valence electrons. The molecule has 0 radical (unpaired) electrons. The maximum Gasteiger partial charge on any atom is 0.141 e. The first-order valence-corrected chi connectivity index (χ1v) is 5.80. The summed E-state index contributed by atoms with van der Waals surface area (Å²) < 4.78 is 14.0. The minimum Gasteiger partial charge on any atom is -0.330 e. The summed E-state index contributed by atoms with van der Waals surface area (Å²) >= 11 is 3.16. The van der Waals surface area contributed by atoms with Crippen molar-refractivity contribution >= 4 is 15.9 Å². The summed E-state index contributed by atoms with van der Waals surface area (Å²) in [4.78, 5) is 0. The van der Waals surface area contributed by atoms with E-state index < -0.39 is 0 Å². The van der Waals surface area contributed by atoms with Crippen molar-refractivity contribution in [3.8, 4) is 0 Å². The molecule has 1 rings (SSSR count). The van der Waals surface area contributed by atoms with Crippen molar-refractivity contribution < 1.29 is 4.39 Å². The predicted molar refractivity (Wildman–Crippen MR) is 64.1 cm³/mol. The smallest absolute Gasteiger partial charge is 0.141 e. The van der Waals surface area contributed by atoms with Crippen LogP contribution in [0.5, 0.6) is 0 Å². The molecule has 0 aliphatic rings. The van der Waals surface area contributed by atoms with Crippen LogP contribution in [0, 0.1) is 5.82 Å². The maximum atomic E-state index is 13.5. The second-order valence-corrected chi connectivity index (χ2v) is 4.43. The Bertz CT molecular complexity index is 317. The molecule has 2 nitrogen and oxygen atoms in total. The van der Waals surface area contributed by atoms with E-state index in [1.165, 1.54) is 0 Å². The van der Waals surface area contributed by atoms with Gasteiger partial charge in [-0.2, -0.15) is 0 Å². The van der Waals surface area contributed by atoms with Crippen molar-refractivity contribution in [2.75, 3.05) is 6.54 Å². The molecule has 0 spiro atoms. The monoisotopic (exact) mass is 274 g/mol. The van der Waals surface area contributed by atoms with E-state index in [4.69, 9.17) is 5.73 Å². The lowest BCUT2D eigenvalue weighted by molar-refractivity contribution is 0.505. The van der Waals surface area contributed by atoms with Crippen LogP contribution in [0.4, 0.5) is 4.39 Å². The molecule has 0 aromatic heterocycles. The zero-order valence-electron chi connectivity index (χ0n) is 8.76. The Labute approximate surface area is 98.2 Å². The van der Waals surface area contributed by atoms with Crippen LogP contribution in [0.25, 0.3) is 0 Å². The summed E-state index contributed by atoms with van der Waals surface area (Å²) in [7, 11) is 0. The van der Waals surface area contributed by atoms with Crippen LogP contribution in [0.2, 0.25) is 0 Å². The van der Waals surface area contributed by atoms with Crippen LogP contribution in [0.1, 0.15) is 18.9 Å². The molecular weight excluding hydrogens is 259 g/mol. The molecule has 0 heterocycles. The third-order valence-electron chi connectivity index (χ3n) is 2.27. The molecule has 0 aliphatic carbocycles. The Kier molecular flexibility index (Phi) is 5.22. The fourth-order valence-electron chi connectivity index (χ4n) is 1.32. The van der Waals surface area contributed by atoms with Crippen molar-refractivity contribution in [1.82, 2.24) is 5.32 Å². The summed E-state index contributed by atoms with van der Waals surface area (Å²) in [5.74, 6) is -0.190. The molecule has 1 unspecified atom stereocenters. The molecular formula is C11H16BrFN2. The molecule has 1 atom stereocenters. The summed E-state index contributed by atoms with van der Waals surface area (Å²) in [6.07, 6.45) is 0.898. The highest BCUT2D eigenvalue weighted by Gasteiger charge is 2.06. The van der Waals surface area contributed by atoms with Gasteiger partial charge >= 0.3 is 0 Å². The normalized spacial score (nSPS) is 12.8. The van der Waals surface area contributed by atoms with Gasteiger partial charge in [0.2, 0.25) is 0 Å². The van der Waals surface area contributed by atoms with E-state index in [2.05, 4.69) is 21.2 Å². The van der Waals surface area contributed by atoms with Gasteiger partial charge in [0.1, 0.15) is 5.82 Å². The van der Waals surface area contributed by atoms with E-state index in [0.717, 1.165) is 6.42 Å². The summed E-state index contributed by atoms with van der Waals surface area (Å²) in [5.41, 5.74) is 6.11. The average molecular weight is 275 g/mol. The molecule has 4 heteroatoms. The van der Waals surface area contributed by atoms with E-state index in [0.29, 0.717) is 29.2 Å².